The SMILES string of the molecule is CC(C/C=C(\NC(=O)OCc1ccccc1)C(=O)O)CC(C)(C)C. The summed E-state index contributed by atoms with van der Waals surface area (Å²) in [4.78, 5) is 23.0. The third-order valence-corrected chi connectivity index (χ3v) is 3.37. The Morgan fingerprint density at radius 3 is 2.42 bits per heavy atom. The highest BCUT2D eigenvalue weighted by atomic mass is 16.5. The van der Waals surface area contributed by atoms with E-state index < -0.39 is 12.1 Å². The number of carbonyl (C=O) groups is 2. The zero-order chi connectivity index (χ0) is 18.2. The highest BCUT2D eigenvalue weighted by Gasteiger charge is 2.17. The average Bonchev–Trinajstić information content (AvgIpc) is 2.48. The van der Waals surface area contributed by atoms with Crippen LogP contribution in [-0.2, 0) is 16.1 Å². The Morgan fingerprint density at radius 1 is 1.25 bits per heavy atom. The van der Waals surface area contributed by atoms with Crippen LogP contribution in [0, 0.1) is 11.3 Å². The maximum atomic E-state index is 11.8. The van der Waals surface area contributed by atoms with E-state index in [9.17, 15) is 14.7 Å². The number of hydrogen-bond donors (Lipinski definition) is 2. The van der Waals surface area contributed by atoms with Gasteiger partial charge in [-0.3, -0.25) is 5.32 Å². The van der Waals surface area contributed by atoms with Gasteiger partial charge in [0.1, 0.15) is 12.3 Å². The quantitative estimate of drug-likeness (QED) is 0.728. The molecule has 0 aliphatic rings. The first-order valence-corrected chi connectivity index (χ1v) is 8.08. The van der Waals surface area contributed by atoms with E-state index in [0.717, 1.165) is 12.0 Å². The van der Waals surface area contributed by atoms with Crippen molar-refractivity contribution in [2.75, 3.05) is 0 Å². The van der Waals surface area contributed by atoms with Gasteiger partial charge in [0.05, 0.1) is 0 Å². The molecule has 0 radical (unpaired) electrons. The van der Waals surface area contributed by atoms with Crippen molar-refractivity contribution >= 4 is 12.1 Å². The molecule has 0 bridgehead atoms. The second kappa shape index (κ2) is 9.11. The Morgan fingerprint density at radius 2 is 1.88 bits per heavy atom. The van der Waals surface area contributed by atoms with Crippen molar-refractivity contribution in [3.63, 3.8) is 0 Å². The lowest BCUT2D eigenvalue weighted by Gasteiger charge is -2.22. The van der Waals surface area contributed by atoms with Crippen molar-refractivity contribution in [1.82, 2.24) is 5.32 Å². The zero-order valence-corrected chi connectivity index (χ0v) is 14.8. The maximum absolute atomic E-state index is 11.8. The zero-order valence-electron chi connectivity index (χ0n) is 14.8. The molecule has 0 aromatic heterocycles. The number of nitrogens with one attached hydrogen (secondary N) is 1. The van der Waals surface area contributed by atoms with E-state index >= 15 is 0 Å². The molecule has 2 N–H and O–H groups in total. The van der Waals surface area contributed by atoms with Crippen molar-refractivity contribution in [3.8, 4) is 0 Å². The van der Waals surface area contributed by atoms with E-state index in [1.165, 1.54) is 0 Å². The van der Waals surface area contributed by atoms with Gasteiger partial charge >= 0.3 is 12.1 Å². The summed E-state index contributed by atoms with van der Waals surface area (Å²) in [6.45, 7) is 8.59. The fraction of sp³-hybridized carbons (Fsp3) is 0.474. The van der Waals surface area contributed by atoms with Gasteiger partial charge in [0, 0.05) is 0 Å². The van der Waals surface area contributed by atoms with E-state index in [-0.39, 0.29) is 17.7 Å². The molecular formula is C19H27NO4. The van der Waals surface area contributed by atoms with Gasteiger partial charge in [-0.15, -0.1) is 0 Å². The summed E-state index contributed by atoms with van der Waals surface area (Å²) in [6.07, 6.45) is 2.32. The molecule has 1 rings (SSSR count). The van der Waals surface area contributed by atoms with E-state index in [1.807, 2.05) is 30.3 Å². The van der Waals surface area contributed by atoms with Crippen LogP contribution in [0.15, 0.2) is 42.1 Å². The predicted molar refractivity (Wildman–Crippen MR) is 93.3 cm³/mol. The van der Waals surface area contributed by atoms with Crippen molar-refractivity contribution in [3.05, 3.63) is 47.7 Å². The first kappa shape index (κ1) is 19.7. The van der Waals surface area contributed by atoms with Crippen LogP contribution in [-0.4, -0.2) is 17.2 Å². The summed E-state index contributed by atoms with van der Waals surface area (Å²) in [5, 5.41) is 11.5. The number of carboxylic acids is 1. The van der Waals surface area contributed by atoms with Crippen molar-refractivity contribution < 1.29 is 19.4 Å². The molecule has 0 saturated carbocycles. The fourth-order valence-corrected chi connectivity index (χ4v) is 2.51. The van der Waals surface area contributed by atoms with Crippen LogP contribution in [0.4, 0.5) is 4.79 Å². The number of carboxylic acid groups (broad SMARTS) is 1. The summed E-state index contributed by atoms with van der Waals surface area (Å²) in [7, 11) is 0. The number of benzene rings is 1. The molecule has 1 atom stereocenters. The largest absolute Gasteiger partial charge is 0.477 e. The van der Waals surface area contributed by atoms with Crippen LogP contribution in [0.25, 0.3) is 0 Å². The van der Waals surface area contributed by atoms with Crippen molar-refractivity contribution in [1.29, 1.82) is 0 Å². The lowest BCUT2D eigenvalue weighted by atomic mass is 9.84. The Labute approximate surface area is 143 Å². The lowest BCUT2D eigenvalue weighted by molar-refractivity contribution is -0.133. The molecule has 1 aromatic carbocycles. The first-order valence-electron chi connectivity index (χ1n) is 8.08. The number of aliphatic carboxylic acids is 1. The second-order valence-corrected chi connectivity index (χ2v) is 7.22. The molecule has 1 amide bonds. The molecule has 24 heavy (non-hydrogen) atoms. The van der Waals surface area contributed by atoms with Gasteiger partial charge in [0.15, 0.2) is 0 Å². The van der Waals surface area contributed by atoms with Gasteiger partial charge in [0.2, 0.25) is 0 Å². The number of alkyl carbamates (subject to hydrolysis) is 1. The number of allylic oxidation sites excluding steroid dienone is 1. The molecule has 5 nitrogen and oxygen atoms in total. The highest BCUT2D eigenvalue weighted by Crippen LogP contribution is 2.26. The van der Waals surface area contributed by atoms with Gasteiger partial charge in [-0.2, -0.15) is 0 Å². The predicted octanol–water partition coefficient (Wildman–Crippen LogP) is 4.34. The number of ether oxygens (including phenoxy) is 1. The highest BCUT2D eigenvalue weighted by molar-refractivity contribution is 5.90. The number of hydrogen-bond acceptors (Lipinski definition) is 3. The minimum Gasteiger partial charge on any atom is -0.477 e. The molecular weight excluding hydrogens is 306 g/mol. The summed E-state index contributed by atoms with van der Waals surface area (Å²) in [5.74, 6) is -0.851. The monoisotopic (exact) mass is 333 g/mol. The van der Waals surface area contributed by atoms with E-state index in [0.29, 0.717) is 12.3 Å². The lowest BCUT2D eigenvalue weighted by Crippen LogP contribution is -2.28. The maximum Gasteiger partial charge on any atom is 0.412 e. The summed E-state index contributed by atoms with van der Waals surface area (Å²) >= 11 is 0. The second-order valence-electron chi connectivity index (χ2n) is 7.22. The van der Waals surface area contributed by atoms with Gasteiger partial charge in [-0.1, -0.05) is 64.1 Å². The molecule has 0 spiro atoms. The fourth-order valence-electron chi connectivity index (χ4n) is 2.51. The Kier molecular flexibility index (Phi) is 7.49. The molecule has 0 aliphatic heterocycles. The van der Waals surface area contributed by atoms with Gasteiger partial charge in [-0.25, -0.2) is 9.59 Å². The third-order valence-electron chi connectivity index (χ3n) is 3.37. The summed E-state index contributed by atoms with van der Waals surface area (Å²) in [6, 6.07) is 9.21. The van der Waals surface area contributed by atoms with Crippen LogP contribution < -0.4 is 5.32 Å². The van der Waals surface area contributed by atoms with Gasteiger partial charge in [0.25, 0.3) is 0 Å². The minimum absolute atomic E-state index is 0.0972. The Bertz CT molecular complexity index is 573. The topological polar surface area (TPSA) is 75.6 Å². The molecule has 0 fully saturated rings. The van der Waals surface area contributed by atoms with Crippen LogP contribution in [0.1, 0.15) is 46.1 Å². The molecule has 0 aliphatic carbocycles. The third kappa shape index (κ3) is 8.36. The van der Waals surface area contributed by atoms with Crippen LogP contribution in [0.5, 0.6) is 0 Å². The van der Waals surface area contributed by atoms with Crippen LogP contribution in [0.3, 0.4) is 0 Å². The first-order chi connectivity index (χ1) is 11.2. The van der Waals surface area contributed by atoms with Crippen LogP contribution in [0.2, 0.25) is 0 Å². The van der Waals surface area contributed by atoms with E-state index in [4.69, 9.17) is 4.74 Å². The average molecular weight is 333 g/mol. The number of amides is 1. The van der Waals surface area contributed by atoms with E-state index in [1.54, 1.807) is 6.08 Å². The molecule has 0 heterocycles. The molecule has 132 valence electrons. The van der Waals surface area contributed by atoms with Crippen molar-refractivity contribution in [2.24, 2.45) is 11.3 Å². The smallest absolute Gasteiger partial charge is 0.412 e. The normalized spacial score (nSPS) is 13.2. The Balaban J connectivity index is 2.54. The summed E-state index contributed by atoms with van der Waals surface area (Å²) < 4.78 is 5.04. The Hall–Kier alpha value is -2.30. The number of carbonyl (C=O) groups excluding carboxylic acids is 1. The minimum atomic E-state index is -1.17. The van der Waals surface area contributed by atoms with Gasteiger partial charge in [-0.05, 0) is 29.7 Å². The summed E-state index contributed by atoms with van der Waals surface area (Å²) in [5.41, 5.74) is 0.875. The standard InChI is InChI=1S/C19H27NO4/c1-14(12-19(2,3)4)10-11-16(17(21)22)20-18(23)24-13-15-8-6-5-7-9-15/h5-9,11,14H,10,12-13H2,1-4H3,(H,20,23)(H,21,22)/b16-11-. The molecule has 1 unspecified atom stereocenters. The van der Waals surface area contributed by atoms with E-state index in [2.05, 4.69) is 33.0 Å². The molecule has 0 saturated heterocycles. The number of rotatable bonds is 7. The molecule has 5 heteroatoms. The molecule has 1 aromatic rings. The van der Waals surface area contributed by atoms with Crippen LogP contribution >= 0.6 is 0 Å². The van der Waals surface area contributed by atoms with Gasteiger partial charge < -0.3 is 9.84 Å². The van der Waals surface area contributed by atoms with Crippen molar-refractivity contribution in [2.45, 2.75) is 47.1 Å².